The molecule has 0 amide bonds. The van der Waals surface area contributed by atoms with E-state index in [0.29, 0.717) is 6.61 Å². The third-order valence-electron chi connectivity index (χ3n) is 2.43. The average Bonchev–Trinajstić information content (AvgIpc) is 2.69. The molecule has 15 heavy (non-hydrogen) atoms. The van der Waals surface area contributed by atoms with Crippen LogP contribution in [-0.4, -0.2) is 11.2 Å². The molecule has 0 saturated carbocycles. The summed E-state index contributed by atoms with van der Waals surface area (Å²) < 4.78 is 7.55. The zero-order valence-corrected chi connectivity index (χ0v) is 8.68. The monoisotopic (exact) mass is 199 g/mol. The molecule has 1 aromatic carbocycles. The van der Waals surface area contributed by atoms with E-state index in [1.807, 2.05) is 25.3 Å². The Kier molecular flexibility index (Phi) is 2.75. The van der Waals surface area contributed by atoms with Crippen LogP contribution in [0.5, 0.6) is 0 Å². The van der Waals surface area contributed by atoms with E-state index in [0.717, 1.165) is 0 Å². The highest BCUT2D eigenvalue weighted by Gasteiger charge is 2.06. The zero-order valence-electron chi connectivity index (χ0n) is 8.68. The molecule has 0 saturated heterocycles. The highest BCUT2D eigenvalue weighted by Crippen LogP contribution is 2.20. The third kappa shape index (κ3) is 1.88. The fourth-order valence-corrected chi connectivity index (χ4v) is 1.67. The number of fused-ring (bicyclic) bond motifs is 1. The second-order valence-corrected chi connectivity index (χ2v) is 3.40. The van der Waals surface area contributed by atoms with Crippen molar-refractivity contribution in [3.8, 4) is 12.3 Å². The van der Waals surface area contributed by atoms with Crippen LogP contribution in [0.3, 0.4) is 0 Å². The van der Waals surface area contributed by atoms with E-state index >= 15 is 0 Å². The lowest BCUT2D eigenvalue weighted by atomic mass is 10.2. The van der Waals surface area contributed by atoms with Gasteiger partial charge in [0.25, 0.3) is 0 Å². The Morgan fingerprint density at radius 2 is 2.20 bits per heavy atom. The average molecular weight is 199 g/mol. The largest absolute Gasteiger partial charge is 0.346 e. The third-order valence-corrected chi connectivity index (χ3v) is 2.43. The fraction of sp³-hybridized carbons (Fsp3) is 0.231. The summed E-state index contributed by atoms with van der Waals surface area (Å²) in [4.78, 5) is 0. The van der Waals surface area contributed by atoms with Gasteiger partial charge in [-0.15, -0.1) is 6.42 Å². The molecule has 1 heterocycles. The summed E-state index contributed by atoms with van der Waals surface area (Å²) in [6, 6.07) is 10.3. The van der Waals surface area contributed by atoms with Crippen molar-refractivity contribution < 1.29 is 4.74 Å². The first-order valence-electron chi connectivity index (χ1n) is 4.93. The predicted molar refractivity (Wildman–Crippen MR) is 61.4 cm³/mol. The molecular weight excluding hydrogens is 186 g/mol. The standard InChI is InChI=1S/C13H13NO/c1-3-10-15-11(2)14-9-8-12-6-4-5-7-13(12)14/h1,4-9,11H,10H2,2H3. The number of aromatic nitrogens is 1. The molecule has 0 aliphatic carbocycles. The molecule has 2 aromatic rings. The van der Waals surface area contributed by atoms with Crippen LogP contribution in [0.15, 0.2) is 36.5 Å². The summed E-state index contributed by atoms with van der Waals surface area (Å²) in [5.41, 5.74) is 1.17. The Hall–Kier alpha value is -1.72. The maximum Gasteiger partial charge on any atom is 0.132 e. The number of nitrogens with zero attached hydrogens (tertiary/aromatic N) is 1. The maximum absolute atomic E-state index is 5.47. The molecule has 76 valence electrons. The first-order chi connectivity index (χ1) is 7.33. The minimum Gasteiger partial charge on any atom is -0.346 e. The minimum atomic E-state index is -0.0269. The van der Waals surface area contributed by atoms with E-state index in [1.165, 1.54) is 10.9 Å². The van der Waals surface area contributed by atoms with Gasteiger partial charge in [0, 0.05) is 6.20 Å². The molecule has 0 N–H and O–H groups in total. The van der Waals surface area contributed by atoms with Gasteiger partial charge in [0.1, 0.15) is 12.8 Å². The van der Waals surface area contributed by atoms with E-state index in [-0.39, 0.29) is 6.23 Å². The number of hydrogen-bond acceptors (Lipinski definition) is 1. The Morgan fingerprint density at radius 3 is 3.00 bits per heavy atom. The molecule has 0 aliphatic rings. The second kappa shape index (κ2) is 4.20. The lowest BCUT2D eigenvalue weighted by Crippen LogP contribution is -2.08. The van der Waals surface area contributed by atoms with Crippen molar-refractivity contribution in [3.63, 3.8) is 0 Å². The lowest BCUT2D eigenvalue weighted by molar-refractivity contribution is 0.0416. The van der Waals surface area contributed by atoms with Crippen LogP contribution in [0, 0.1) is 12.3 Å². The molecule has 1 aromatic heterocycles. The van der Waals surface area contributed by atoms with Gasteiger partial charge in [-0.25, -0.2) is 0 Å². The van der Waals surface area contributed by atoms with Gasteiger partial charge in [-0.05, 0) is 24.4 Å². The van der Waals surface area contributed by atoms with Crippen LogP contribution in [0.25, 0.3) is 10.9 Å². The summed E-state index contributed by atoms with van der Waals surface area (Å²) in [7, 11) is 0. The Labute approximate surface area is 89.5 Å². The Morgan fingerprint density at radius 1 is 1.40 bits per heavy atom. The molecule has 1 unspecified atom stereocenters. The molecule has 2 rings (SSSR count). The van der Waals surface area contributed by atoms with E-state index < -0.39 is 0 Å². The van der Waals surface area contributed by atoms with Crippen molar-refractivity contribution in [2.24, 2.45) is 0 Å². The van der Waals surface area contributed by atoms with Crippen molar-refractivity contribution in [1.29, 1.82) is 0 Å². The summed E-state index contributed by atoms with van der Waals surface area (Å²) in [6.07, 6.45) is 7.15. The van der Waals surface area contributed by atoms with Gasteiger partial charge < -0.3 is 9.30 Å². The van der Waals surface area contributed by atoms with Crippen LogP contribution in [0.1, 0.15) is 13.2 Å². The molecular formula is C13H13NO. The van der Waals surface area contributed by atoms with Crippen LogP contribution >= 0.6 is 0 Å². The smallest absolute Gasteiger partial charge is 0.132 e. The first kappa shape index (κ1) is 9.82. The zero-order chi connectivity index (χ0) is 10.7. The quantitative estimate of drug-likeness (QED) is 0.693. The van der Waals surface area contributed by atoms with Crippen LogP contribution in [0.2, 0.25) is 0 Å². The van der Waals surface area contributed by atoms with E-state index in [9.17, 15) is 0 Å². The van der Waals surface area contributed by atoms with E-state index in [2.05, 4.69) is 28.7 Å². The van der Waals surface area contributed by atoms with Gasteiger partial charge >= 0.3 is 0 Å². The Bertz CT molecular complexity index is 492. The number of rotatable bonds is 3. The summed E-state index contributed by atoms with van der Waals surface area (Å²) >= 11 is 0. The maximum atomic E-state index is 5.47. The van der Waals surface area contributed by atoms with E-state index in [4.69, 9.17) is 11.2 Å². The summed E-state index contributed by atoms with van der Waals surface area (Å²) in [6.45, 7) is 2.33. The molecule has 0 spiro atoms. The molecule has 2 heteroatoms. The highest BCUT2D eigenvalue weighted by molar-refractivity contribution is 5.79. The van der Waals surface area contributed by atoms with Crippen molar-refractivity contribution >= 4 is 10.9 Å². The predicted octanol–water partition coefficient (Wildman–Crippen LogP) is 2.81. The van der Waals surface area contributed by atoms with E-state index in [1.54, 1.807) is 0 Å². The van der Waals surface area contributed by atoms with Gasteiger partial charge in [0.2, 0.25) is 0 Å². The second-order valence-electron chi connectivity index (χ2n) is 3.40. The first-order valence-corrected chi connectivity index (χ1v) is 4.93. The van der Waals surface area contributed by atoms with Gasteiger partial charge in [0.05, 0.1) is 5.52 Å². The number of hydrogen-bond donors (Lipinski definition) is 0. The van der Waals surface area contributed by atoms with Crippen LogP contribution in [-0.2, 0) is 4.74 Å². The van der Waals surface area contributed by atoms with Gasteiger partial charge in [-0.2, -0.15) is 0 Å². The van der Waals surface area contributed by atoms with Crippen molar-refractivity contribution in [3.05, 3.63) is 36.5 Å². The molecule has 0 aliphatic heterocycles. The van der Waals surface area contributed by atoms with Gasteiger partial charge in [0.15, 0.2) is 0 Å². The molecule has 0 fully saturated rings. The number of para-hydroxylation sites is 1. The van der Waals surface area contributed by atoms with Gasteiger partial charge in [-0.1, -0.05) is 24.1 Å². The van der Waals surface area contributed by atoms with Crippen molar-refractivity contribution in [2.45, 2.75) is 13.2 Å². The number of benzene rings is 1. The van der Waals surface area contributed by atoms with Gasteiger partial charge in [-0.3, -0.25) is 0 Å². The molecule has 0 bridgehead atoms. The number of terminal acetylenes is 1. The highest BCUT2D eigenvalue weighted by atomic mass is 16.5. The van der Waals surface area contributed by atoms with Crippen LogP contribution in [0.4, 0.5) is 0 Å². The lowest BCUT2D eigenvalue weighted by Gasteiger charge is -2.14. The van der Waals surface area contributed by atoms with Crippen molar-refractivity contribution in [1.82, 2.24) is 4.57 Å². The number of ether oxygens (including phenoxy) is 1. The normalized spacial score (nSPS) is 12.5. The summed E-state index contributed by atoms with van der Waals surface area (Å²) in [5, 5.41) is 1.22. The molecule has 0 radical (unpaired) electrons. The summed E-state index contributed by atoms with van der Waals surface area (Å²) in [5.74, 6) is 2.47. The molecule has 2 nitrogen and oxygen atoms in total. The molecule has 1 atom stereocenters. The topological polar surface area (TPSA) is 14.2 Å². The van der Waals surface area contributed by atoms with Crippen LogP contribution < -0.4 is 0 Å². The SMILES string of the molecule is C#CCOC(C)n1ccc2ccccc21. The fourth-order valence-electron chi connectivity index (χ4n) is 1.67. The Balaban J connectivity index is 2.32. The minimum absolute atomic E-state index is 0.0269. The van der Waals surface area contributed by atoms with Crippen molar-refractivity contribution in [2.75, 3.05) is 6.61 Å².